The van der Waals surface area contributed by atoms with Gasteiger partial charge in [-0.15, -0.1) is 0 Å². The maximum atomic E-state index is 12.3. The molecule has 27 heavy (non-hydrogen) atoms. The minimum atomic E-state index is -3.60. The normalized spacial score (nSPS) is 16.2. The molecule has 0 saturated carbocycles. The molecule has 10 heteroatoms. The number of amidine groups is 1. The van der Waals surface area contributed by atoms with E-state index in [1.807, 2.05) is 0 Å². The number of hydrogen-bond donors (Lipinski definition) is 2. The zero-order valence-electron chi connectivity index (χ0n) is 13.9. The van der Waals surface area contributed by atoms with Crippen LogP contribution in [-0.2, 0) is 14.8 Å². The molecule has 2 aromatic rings. The maximum absolute atomic E-state index is 12.3. The van der Waals surface area contributed by atoms with Crippen molar-refractivity contribution in [3.05, 3.63) is 54.1 Å². The highest BCUT2D eigenvalue weighted by molar-refractivity contribution is 7.99. The van der Waals surface area contributed by atoms with Crippen LogP contribution in [0.15, 0.2) is 63.3 Å². The molecule has 2 aromatic carbocycles. The van der Waals surface area contributed by atoms with Crippen LogP contribution < -0.4 is 10.0 Å². The number of amides is 1. The number of aliphatic imine (C=N–C) groups is 1. The minimum absolute atomic E-state index is 0.0426. The molecule has 0 aliphatic carbocycles. The van der Waals surface area contributed by atoms with Gasteiger partial charge in [-0.3, -0.25) is 14.5 Å². The third-order valence-electron chi connectivity index (χ3n) is 3.63. The highest BCUT2D eigenvalue weighted by atomic mass is 32.2. The third kappa shape index (κ3) is 4.83. The van der Waals surface area contributed by atoms with Gasteiger partial charge in [0.05, 0.1) is 11.4 Å². The predicted molar refractivity (Wildman–Crippen MR) is 99.7 cm³/mol. The van der Waals surface area contributed by atoms with E-state index in [1.54, 1.807) is 18.2 Å². The Morgan fingerprint density at radius 2 is 1.85 bits per heavy atom. The number of carbonyl (C=O) groups is 1. The van der Waals surface area contributed by atoms with E-state index in [1.165, 1.54) is 30.3 Å². The fourth-order valence-electron chi connectivity index (χ4n) is 2.46. The zero-order chi connectivity index (χ0) is 19.4. The number of anilines is 1. The number of carbonyl (C=O) groups excluding carboxylic acids is 1. The molecule has 0 unspecified atom stereocenters. The van der Waals surface area contributed by atoms with Gasteiger partial charge in [-0.1, -0.05) is 23.9 Å². The van der Waals surface area contributed by atoms with Crippen LogP contribution in [0.25, 0.3) is 0 Å². The molecule has 0 bridgehead atoms. The fraction of sp³-hybridized carbons (Fsp3) is 0.176. The number of sulfonamides is 1. The van der Waals surface area contributed by atoms with E-state index >= 15 is 0 Å². The number of nitrogens with zero attached hydrogens (tertiary/aromatic N) is 1. The van der Waals surface area contributed by atoms with Gasteiger partial charge in [-0.05, 0) is 36.4 Å². The van der Waals surface area contributed by atoms with Crippen molar-refractivity contribution in [2.45, 2.75) is 22.0 Å². The molecule has 1 aliphatic rings. The van der Waals surface area contributed by atoms with E-state index in [0.717, 1.165) is 0 Å². The van der Waals surface area contributed by atoms with E-state index in [0.29, 0.717) is 27.9 Å². The first-order chi connectivity index (χ1) is 12.8. The lowest BCUT2D eigenvalue weighted by molar-refractivity contribution is -0.116. The summed E-state index contributed by atoms with van der Waals surface area (Å²) in [6, 6.07) is 12.5. The largest absolute Gasteiger partial charge is 0.326 e. The molecule has 0 aromatic heterocycles. The zero-order valence-corrected chi connectivity index (χ0v) is 15.5. The van der Waals surface area contributed by atoms with Crippen molar-refractivity contribution in [3.63, 3.8) is 0 Å². The molecule has 2 N–H and O–H groups in total. The van der Waals surface area contributed by atoms with Gasteiger partial charge in [-0.2, -0.15) is 8.78 Å². The van der Waals surface area contributed by atoms with Crippen molar-refractivity contribution in [2.75, 3.05) is 11.9 Å². The number of rotatable bonds is 6. The van der Waals surface area contributed by atoms with E-state index in [4.69, 9.17) is 0 Å². The van der Waals surface area contributed by atoms with Gasteiger partial charge < -0.3 is 5.32 Å². The van der Waals surface area contributed by atoms with Crippen LogP contribution in [0.2, 0.25) is 0 Å². The van der Waals surface area contributed by atoms with E-state index < -0.39 is 15.8 Å². The van der Waals surface area contributed by atoms with Gasteiger partial charge in [-0.25, -0.2) is 8.42 Å². The number of thioether (sulfide) groups is 1. The average molecular weight is 411 g/mol. The summed E-state index contributed by atoms with van der Waals surface area (Å²) in [6.07, 6.45) is 0.0426. The fourth-order valence-corrected chi connectivity index (χ4v) is 4.21. The molecule has 0 saturated heterocycles. The first-order valence-electron chi connectivity index (χ1n) is 7.86. The van der Waals surface area contributed by atoms with Crippen LogP contribution >= 0.6 is 11.8 Å². The summed E-state index contributed by atoms with van der Waals surface area (Å²) in [7, 11) is -3.60. The Bertz CT molecular complexity index is 977. The first kappa shape index (κ1) is 19.3. The van der Waals surface area contributed by atoms with Crippen molar-refractivity contribution in [2.24, 2.45) is 4.99 Å². The molecule has 1 heterocycles. The van der Waals surface area contributed by atoms with Gasteiger partial charge >= 0.3 is 0 Å². The standard InChI is InChI=1S/C17H15F2N3O3S2/c18-17(19)26-12-7-5-11(6-8-12)21-15(23)9-10-20-16-13-3-1-2-4-14(13)27(24,25)22-16/h1-8,17H,9-10H2,(H,20,22)(H,21,23). The maximum Gasteiger partial charge on any atom is 0.288 e. The van der Waals surface area contributed by atoms with E-state index in [-0.39, 0.29) is 29.6 Å². The lowest BCUT2D eigenvalue weighted by atomic mass is 10.2. The highest BCUT2D eigenvalue weighted by Crippen LogP contribution is 2.26. The highest BCUT2D eigenvalue weighted by Gasteiger charge is 2.29. The van der Waals surface area contributed by atoms with Crippen molar-refractivity contribution < 1.29 is 22.0 Å². The molecule has 6 nitrogen and oxygen atoms in total. The molecule has 142 valence electrons. The minimum Gasteiger partial charge on any atom is -0.326 e. The molecule has 0 spiro atoms. The van der Waals surface area contributed by atoms with Gasteiger partial charge in [0.2, 0.25) is 5.91 Å². The Hall–Kier alpha value is -2.46. The smallest absolute Gasteiger partial charge is 0.288 e. The summed E-state index contributed by atoms with van der Waals surface area (Å²) < 4.78 is 50.9. The Labute approximate surface area is 159 Å². The number of halogens is 2. The van der Waals surface area contributed by atoms with Crippen molar-refractivity contribution >= 4 is 39.2 Å². The second-order valence-corrected chi connectivity index (χ2v) is 8.25. The van der Waals surface area contributed by atoms with Crippen molar-refractivity contribution in [1.29, 1.82) is 0 Å². The molecular weight excluding hydrogens is 396 g/mol. The SMILES string of the molecule is O=C(CCN=C1NS(=O)(=O)c2ccccc21)Nc1ccc(SC(F)F)cc1. The number of hydrogen-bond acceptors (Lipinski definition) is 5. The van der Waals surface area contributed by atoms with Gasteiger partial charge in [0.1, 0.15) is 5.84 Å². The Kier molecular flexibility index (Phi) is 5.76. The van der Waals surface area contributed by atoms with Crippen LogP contribution in [0.4, 0.5) is 14.5 Å². The number of benzene rings is 2. The number of nitrogens with one attached hydrogen (secondary N) is 2. The molecule has 0 radical (unpaired) electrons. The molecule has 1 amide bonds. The summed E-state index contributed by atoms with van der Waals surface area (Å²) in [5.74, 6) is -2.60. The number of fused-ring (bicyclic) bond motifs is 1. The quantitative estimate of drug-likeness (QED) is 0.715. The van der Waals surface area contributed by atoms with Crippen LogP contribution in [-0.4, -0.2) is 32.5 Å². The van der Waals surface area contributed by atoms with E-state index in [9.17, 15) is 22.0 Å². The Balaban J connectivity index is 1.57. The summed E-state index contributed by atoms with van der Waals surface area (Å²) in [5, 5.41) is 2.64. The first-order valence-corrected chi connectivity index (χ1v) is 10.2. The Morgan fingerprint density at radius 1 is 1.15 bits per heavy atom. The Morgan fingerprint density at radius 3 is 2.56 bits per heavy atom. The summed E-state index contributed by atoms with van der Waals surface area (Å²) in [6.45, 7) is 0.0946. The number of alkyl halides is 2. The summed E-state index contributed by atoms with van der Waals surface area (Å²) >= 11 is 0.428. The molecular formula is C17H15F2N3O3S2. The molecule has 0 atom stereocenters. The molecule has 3 rings (SSSR count). The molecule has 1 aliphatic heterocycles. The van der Waals surface area contributed by atoms with Crippen LogP contribution in [0.1, 0.15) is 12.0 Å². The van der Waals surface area contributed by atoms with Gasteiger partial charge in [0.15, 0.2) is 0 Å². The van der Waals surface area contributed by atoms with Crippen LogP contribution in [0.5, 0.6) is 0 Å². The summed E-state index contributed by atoms with van der Waals surface area (Å²) in [5.41, 5.74) is 0.961. The summed E-state index contributed by atoms with van der Waals surface area (Å²) in [4.78, 5) is 16.7. The van der Waals surface area contributed by atoms with E-state index in [2.05, 4.69) is 15.0 Å². The lowest BCUT2D eigenvalue weighted by Crippen LogP contribution is -2.23. The predicted octanol–water partition coefficient (Wildman–Crippen LogP) is 3.07. The lowest BCUT2D eigenvalue weighted by Gasteiger charge is -2.06. The third-order valence-corrected chi connectivity index (χ3v) is 5.75. The van der Waals surface area contributed by atoms with Crippen LogP contribution in [0.3, 0.4) is 0 Å². The van der Waals surface area contributed by atoms with Crippen molar-refractivity contribution in [3.8, 4) is 0 Å². The second-order valence-electron chi connectivity index (χ2n) is 5.53. The monoisotopic (exact) mass is 411 g/mol. The van der Waals surface area contributed by atoms with Crippen molar-refractivity contribution in [1.82, 2.24) is 4.72 Å². The topological polar surface area (TPSA) is 87.6 Å². The van der Waals surface area contributed by atoms with Gasteiger partial charge in [0, 0.05) is 22.6 Å². The molecule has 0 fully saturated rings. The van der Waals surface area contributed by atoms with Gasteiger partial charge in [0.25, 0.3) is 15.8 Å². The van der Waals surface area contributed by atoms with Crippen LogP contribution in [0, 0.1) is 0 Å². The second kappa shape index (κ2) is 8.05. The average Bonchev–Trinajstić information content (AvgIpc) is 2.87.